The number of aliphatic hydroxyl groups excluding tert-OH is 1. The largest absolute Gasteiger partial charge is 0.398 e. The van der Waals surface area contributed by atoms with E-state index in [1.807, 2.05) is 13.8 Å². The maximum atomic E-state index is 13.4. The Morgan fingerprint density at radius 1 is 1.11 bits per heavy atom. The van der Waals surface area contributed by atoms with Crippen molar-refractivity contribution in [2.24, 2.45) is 33.9 Å². The molecule has 2 unspecified atom stereocenters. The Morgan fingerprint density at radius 2 is 1.66 bits per heavy atom. The third kappa shape index (κ3) is 12.0. The van der Waals surface area contributed by atoms with E-state index in [0.717, 1.165) is 12.3 Å². The molecule has 0 aromatic heterocycles. The smallest absolute Gasteiger partial charge is 0.395 e. The summed E-state index contributed by atoms with van der Waals surface area (Å²) in [6, 6.07) is -0.428. The van der Waals surface area contributed by atoms with E-state index in [0.29, 0.717) is 17.2 Å². The Balaban J connectivity index is 0.00000249. The van der Waals surface area contributed by atoms with Gasteiger partial charge in [0.1, 0.15) is 12.3 Å². The molecule has 0 aliphatic heterocycles. The van der Waals surface area contributed by atoms with Crippen LogP contribution >= 0.6 is 0 Å². The van der Waals surface area contributed by atoms with Crippen molar-refractivity contribution in [3.05, 3.63) is 35.1 Å². The van der Waals surface area contributed by atoms with Gasteiger partial charge in [-0.2, -0.15) is 13.2 Å². The molecule has 8 heteroatoms. The number of aliphatic hydroxyl groups is 1. The Hall–Kier alpha value is -1.77. The SMILES string of the molecule is CCC(C)C.C\C=C(/N=C(C)\C(=C/C)\C=C(/C)C1(C(F)(F)F)CC1)C(=O)COCC(CC(C)C)C(N)CO. The number of carbonyl (C=O) groups is 1. The summed E-state index contributed by atoms with van der Waals surface area (Å²) in [5.41, 5.74) is 5.65. The maximum absolute atomic E-state index is 13.4. The van der Waals surface area contributed by atoms with Gasteiger partial charge in [0.05, 0.1) is 18.6 Å². The van der Waals surface area contributed by atoms with Gasteiger partial charge in [0.2, 0.25) is 5.78 Å². The van der Waals surface area contributed by atoms with Gasteiger partial charge in [0, 0.05) is 11.8 Å². The minimum absolute atomic E-state index is 0.0757. The first-order valence-corrected chi connectivity index (χ1v) is 13.7. The van der Waals surface area contributed by atoms with Crippen molar-refractivity contribution in [3.63, 3.8) is 0 Å². The molecule has 1 fully saturated rings. The van der Waals surface area contributed by atoms with Crippen molar-refractivity contribution in [2.75, 3.05) is 19.8 Å². The van der Waals surface area contributed by atoms with Crippen LogP contribution in [0.2, 0.25) is 0 Å². The molecule has 0 spiro atoms. The molecule has 1 aliphatic rings. The molecule has 0 bridgehead atoms. The van der Waals surface area contributed by atoms with Crippen LogP contribution in [0.25, 0.3) is 0 Å². The first kappa shape index (κ1) is 36.2. The van der Waals surface area contributed by atoms with Crippen molar-refractivity contribution in [2.45, 2.75) is 100 Å². The lowest BCUT2D eigenvalue weighted by molar-refractivity contribution is -0.175. The molecule has 5 nitrogen and oxygen atoms in total. The summed E-state index contributed by atoms with van der Waals surface area (Å²) in [5.74, 6) is 0.846. The van der Waals surface area contributed by atoms with Crippen LogP contribution in [0.1, 0.15) is 88.0 Å². The van der Waals surface area contributed by atoms with Crippen LogP contribution in [-0.4, -0.2) is 48.6 Å². The zero-order valence-corrected chi connectivity index (χ0v) is 24.9. The molecule has 0 aromatic rings. The highest BCUT2D eigenvalue weighted by atomic mass is 19.4. The summed E-state index contributed by atoms with van der Waals surface area (Å²) in [6.45, 7) is 17.2. The fourth-order valence-corrected chi connectivity index (χ4v) is 3.83. The number of nitrogens with two attached hydrogens (primary N) is 1. The molecule has 220 valence electrons. The van der Waals surface area contributed by atoms with E-state index in [1.165, 1.54) is 19.4 Å². The molecule has 1 aliphatic carbocycles. The van der Waals surface area contributed by atoms with E-state index in [1.54, 1.807) is 32.9 Å². The van der Waals surface area contributed by atoms with Gasteiger partial charge in [-0.3, -0.25) is 4.79 Å². The van der Waals surface area contributed by atoms with E-state index in [9.17, 15) is 23.1 Å². The second-order valence-electron chi connectivity index (χ2n) is 11.0. The van der Waals surface area contributed by atoms with Crippen LogP contribution in [0.4, 0.5) is 13.2 Å². The van der Waals surface area contributed by atoms with Crippen molar-refractivity contribution in [1.29, 1.82) is 0 Å². The number of halogens is 3. The molecule has 0 aromatic carbocycles. The average Bonchev–Trinajstić information content (AvgIpc) is 3.67. The van der Waals surface area contributed by atoms with Crippen LogP contribution in [0, 0.1) is 23.2 Å². The molecular formula is C30H51F3N2O3. The normalized spacial score (nSPS) is 18.3. The van der Waals surface area contributed by atoms with E-state index >= 15 is 0 Å². The molecule has 38 heavy (non-hydrogen) atoms. The fraction of sp³-hybridized carbons (Fsp3) is 0.733. The highest BCUT2D eigenvalue weighted by Gasteiger charge is 2.64. The summed E-state index contributed by atoms with van der Waals surface area (Å²) < 4.78 is 45.8. The lowest BCUT2D eigenvalue weighted by Crippen LogP contribution is -2.37. The molecule has 0 radical (unpaired) electrons. The number of ether oxygens (including phenoxy) is 1. The van der Waals surface area contributed by atoms with Gasteiger partial charge in [-0.25, -0.2) is 4.99 Å². The summed E-state index contributed by atoms with van der Waals surface area (Å²) in [4.78, 5) is 17.0. The molecular weight excluding hydrogens is 493 g/mol. The number of nitrogens with zero attached hydrogens (tertiary/aromatic N) is 1. The molecule has 0 amide bonds. The Morgan fingerprint density at radius 3 is 2.03 bits per heavy atom. The molecule has 1 rings (SSSR count). The molecule has 0 saturated heterocycles. The summed E-state index contributed by atoms with van der Waals surface area (Å²) in [6.07, 6.45) is 2.75. The number of ketones is 1. The van der Waals surface area contributed by atoms with Gasteiger partial charge in [-0.1, -0.05) is 64.8 Å². The third-order valence-corrected chi connectivity index (χ3v) is 6.97. The van der Waals surface area contributed by atoms with Gasteiger partial charge in [-0.05, 0) is 70.3 Å². The number of allylic oxidation sites excluding steroid dienone is 5. The number of alkyl halides is 3. The lowest BCUT2D eigenvalue weighted by Gasteiger charge is -2.23. The summed E-state index contributed by atoms with van der Waals surface area (Å²) in [5, 5.41) is 9.34. The first-order chi connectivity index (χ1) is 17.6. The van der Waals surface area contributed by atoms with E-state index < -0.39 is 17.6 Å². The molecule has 0 heterocycles. The van der Waals surface area contributed by atoms with Gasteiger partial charge < -0.3 is 15.6 Å². The number of rotatable bonds is 14. The fourth-order valence-electron chi connectivity index (χ4n) is 3.83. The van der Waals surface area contributed by atoms with Gasteiger partial charge in [0.15, 0.2) is 0 Å². The summed E-state index contributed by atoms with van der Waals surface area (Å²) in [7, 11) is 0. The van der Waals surface area contributed by atoms with Crippen LogP contribution < -0.4 is 5.73 Å². The number of aliphatic imine (C=N–C) groups is 1. The van der Waals surface area contributed by atoms with E-state index in [-0.39, 0.29) is 55.6 Å². The standard InChI is InChI=1S/C25H39F3N2O3.C5H12/c1-7-19(12-17(5)24(9-10-24)25(26,27)28)18(6)30-22(8-2)23(32)15-33-14-20(11-16(3)4)21(29)13-31;1-4-5(2)3/h7-8,12,16,20-21,31H,9-11,13-15,29H2,1-6H3;5H,4H2,1-3H3/b17-12+,19-7-,22-8-,30-18-;. The first-order valence-electron chi connectivity index (χ1n) is 13.7. The van der Waals surface area contributed by atoms with Crippen molar-refractivity contribution >= 4 is 11.5 Å². The van der Waals surface area contributed by atoms with E-state index in [4.69, 9.17) is 10.5 Å². The van der Waals surface area contributed by atoms with Gasteiger partial charge >= 0.3 is 6.18 Å². The minimum Gasteiger partial charge on any atom is -0.395 e. The average molecular weight is 545 g/mol. The quantitative estimate of drug-likeness (QED) is 0.137. The highest BCUT2D eigenvalue weighted by Crippen LogP contribution is 2.62. The van der Waals surface area contributed by atoms with Gasteiger partial charge in [-0.15, -0.1) is 0 Å². The summed E-state index contributed by atoms with van der Waals surface area (Å²) >= 11 is 0. The van der Waals surface area contributed by atoms with Gasteiger partial charge in [0.25, 0.3) is 0 Å². The Bertz CT molecular complexity index is 851. The number of hydrogen-bond acceptors (Lipinski definition) is 5. The number of Topliss-reactive ketones (excluding diaryl/α,β-unsaturated/α-hetero) is 1. The number of hydrogen-bond donors (Lipinski definition) is 2. The lowest BCUT2D eigenvalue weighted by atomic mass is 9.92. The second kappa shape index (κ2) is 17.0. The van der Waals surface area contributed by atoms with E-state index in [2.05, 4.69) is 25.8 Å². The molecule has 1 saturated carbocycles. The Kier molecular flexibility index (Phi) is 16.2. The predicted molar refractivity (Wildman–Crippen MR) is 151 cm³/mol. The van der Waals surface area contributed by atoms with Crippen molar-refractivity contribution in [1.82, 2.24) is 0 Å². The third-order valence-electron chi connectivity index (χ3n) is 6.97. The topological polar surface area (TPSA) is 84.9 Å². The molecule has 2 atom stereocenters. The van der Waals surface area contributed by atoms with Crippen LogP contribution in [0.3, 0.4) is 0 Å². The highest BCUT2D eigenvalue weighted by molar-refractivity contribution is 6.05. The van der Waals surface area contributed by atoms with Crippen molar-refractivity contribution < 1.29 is 27.8 Å². The zero-order chi connectivity index (χ0) is 29.7. The number of carbonyl (C=O) groups excluding carboxylic acids is 1. The van der Waals surface area contributed by atoms with Crippen molar-refractivity contribution in [3.8, 4) is 0 Å². The second-order valence-corrected chi connectivity index (χ2v) is 11.0. The van der Waals surface area contributed by atoms with Crippen LogP contribution in [0.5, 0.6) is 0 Å². The Labute approximate surface area is 228 Å². The maximum Gasteiger partial charge on any atom is 0.398 e. The molecule has 3 N–H and O–H groups in total. The van der Waals surface area contributed by atoms with Crippen LogP contribution in [-0.2, 0) is 9.53 Å². The zero-order valence-electron chi connectivity index (χ0n) is 24.9. The minimum atomic E-state index is -4.27. The van der Waals surface area contributed by atoms with Crippen LogP contribution in [0.15, 0.2) is 40.1 Å². The predicted octanol–water partition coefficient (Wildman–Crippen LogP) is 7.21. The monoisotopic (exact) mass is 544 g/mol.